The van der Waals surface area contributed by atoms with Crippen molar-refractivity contribution in [2.45, 2.75) is 20.8 Å². The van der Waals surface area contributed by atoms with Gasteiger partial charge < -0.3 is 19.9 Å². The Morgan fingerprint density at radius 3 is 0.911 bits per heavy atom. The summed E-state index contributed by atoms with van der Waals surface area (Å²) in [4.78, 5) is 21.6. The topological polar surface area (TPSA) is 87.9 Å². The lowest BCUT2D eigenvalue weighted by atomic mass is 9.98. The van der Waals surface area contributed by atoms with Gasteiger partial charge in [0.15, 0.2) is 69.8 Å². The number of aromatic amines is 4. The van der Waals surface area contributed by atoms with Crippen LogP contribution in [0.25, 0.3) is 33.4 Å². The monoisotopic (exact) mass is 1230 g/mol. The average molecular weight is 1240 g/mol. The van der Waals surface area contributed by atoms with Gasteiger partial charge in [0.05, 0.1) is 39.5 Å². The highest BCUT2D eigenvalue weighted by Gasteiger charge is 2.36. The van der Waals surface area contributed by atoms with Crippen LogP contribution in [0.15, 0.2) is 167 Å². The summed E-state index contributed by atoms with van der Waals surface area (Å²) in [6.45, 7) is 5.56. The van der Waals surface area contributed by atoms with Crippen LogP contribution in [-0.4, -0.2) is 31.4 Å². The first kappa shape index (κ1) is 58.2. The molecule has 0 fully saturated rings. The molecule has 7 heterocycles. The van der Waals surface area contributed by atoms with Gasteiger partial charge in [-0.15, -0.1) is 0 Å². The van der Waals surface area contributed by atoms with E-state index in [1.807, 2.05) is 45.0 Å². The molecule has 13 rings (SSSR count). The molecule has 21 heteroatoms. The van der Waals surface area contributed by atoms with E-state index in [0.29, 0.717) is 50.5 Å². The second-order valence-corrected chi connectivity index (χ2v) is 21.3. The number of halogens is 15. The predicted octanol–water partition coefficient (Wildman–Crippen LogP) is 14.2. The number of hydrogen-bond donors (Lipinski definition) is 4. The van der Waals surface area contributed by atoms with E-state index in [2.05, 4.69) is 24.9 Å². The van der Waals surface area contributed by atoms with Crippen molar-refractivity contribution in [2.75, 3.05) is 0 Å². The van der Waals surface area contributed by atoms with Crippen molar-refractivity contribution < 1.29 is 65.9 Å². The van der Waals surface area contributed by atoms with Crippen molar-refractivity contribution in [2.24, 2.45) is 9.98 Å². The zero-order valence-electron chi connectivity index (χ0n) is 46.4. The van der Waals surface area contributed by atoms with Crippen LogP contribution in [0.3, 0.4) is 0 Å². The first-order valence-corrected chi connectivity index (χ1v) is 27.2. The minimum atomic E-state index is -2.63. The maximum absolute atomic E-state index is 16.5. The molecule has 0 saturated carbocycles. The van der Waals surface area contributed by atoms with Crippen molar-refractivity contribution in [1.29, 1.82) is 0 Å². The standard InChI is InChI=1S/C69H37F15N6/c1-28-4-10-31(11-5-28)46-34-16-18-36(85-34)47(32-12-6-29(2)7-13-32)38-20-22-40(87-38)49(52-55(70)61(76)67(82)62(77)56(52)71)42-24-26-44(89-42)51(54-59(74)65(80)69(84)66(81)60(54)75)45-27-25-43(90-45)50(53-57(72)63(78)68(83)64(79)58(53)73)41-23-21-39(88-41)48(37-19-17-35(46)86-37)33-14-8-30(3)9-15-33/h4-27,85,87-88,90H,1-3H3. The summed E-state index contributed by atoms with van der Waals surface area (Å²) in [5.41, 5.74) is -3.79. The zero-order chi connectivity index (χ0) is 63.5. The number of nitrogens with zero attached hydrogens (tertiary/aromatic N) is 2. The fraction of sp³-hybridized carbons (Fsp3) is 0.0435. The Morgan fingerprint density at radius 2 is 0.500 bits per heavy atom. The van der Waals surface area contributed by atoms with Gasteiger partial charge in [0.1, 0.15) is 0 Å². The molecule has 3 aliphatic heterocycles. The molecule has 4 aromatic heterocycles. The van der Waals surface area contributed by atoms with Crippen LogP contribution >= 0.6 is 0 Å². The summed E-state index contributed by atoms with van der Waals surface area (Å²) in [5, 5.41) is -0.549. The largest absolute Gasteiger partial charge is 0.354 e. The van der Waals surface area contributed by atoms with Crippen molar-refractivity contribution in [3.05, 3.63) is 339 Å². The molecule has 0 spiro atoms. The minimum absolute atomic E-state index is 0.130. The third kappa shape index (κ3) is 9.49. The van der Waals surface area contributed by atoms with Crippen molar-refractivity contribution in [3.8, 4) is 0 Å². The van der Waals surface area contributed by atoms with E-state index in [4.69, 9.17) is 4.99 Å². The molecule has 0 amide bonds. The molecule has 10 aromatic rings. The summed E-state index contributed by atoms with van der Waals surface area (Å²) in [6, 6.07) is 32.1. The molecular weight excluding hydrogens is 1200 g/mol. The summed E-state index contributed by atoms with van der Waals surface area (Å²) in [5.74, 6) is -36.9. The molecule has 0 atom stereocenters. The Balaban J connectivity index is 1.22. The number of aromatic nitrogens is 4. The molecule has 0 aliphatic carbocycles. The molecule has 0 saturated heterocycles. The molecule has 6 aromatic carbocycles. The normalized spacial score (nSPS) is 14.2. The molecule has 0 unspecified atom stereocenters. The number of hydrogen-bond acceptors (Lipinski definition) is 2. The van der Waals surface area contributed by atoms with E-state index in [1.165, 1.54) is 24.3 Å². The zero-order valence-corrected chi connectivity index (χ0v) is 46.4. The molecule has 0 radical (unpaired) electrons. The van der Waals surface area contributed by atoms with Gasteiger partial charge in [0.25, 0.3) is 0 Å². The van der Waals surface area contributed by atoms with E-state index in [-0.39, 0.29) is 16.4 Å². The SMILES string of the molecule is Cc1ccc(C2=C3C=CC(=N3)C(c3ccc(C)cc3)=c3ccc([nH]3)=C(c3c(F)c(F)c(F)c(F)c3F)c3ccc([nH]3)C(c3c(F)c(F)c(F)c(F)c3F)=C3C=CC(=N3)C(c3c(F)c(F)c(F)c(F)c3F)=c3ccc([nH]3)=C(c3ccc(C)cc3)c3ccc2[nH]3)cc1. The highest BCUT2D eigenvalue weighted by molar-refractivity contribution is 6.31. The minimum Gasteiger partial charge on any atom is -0.354 e. The van der Waals surface area contributed by atoms with Gasteiger partial charge >= 0.3 is 0 Å². The molecule has 448 valence electrons. The van der Waals surface area contributed by atoms with Gasteiger partial charge in [0.2, 0.25) is 17.5 Å². The molecule has 4 N–H and O–H groups in total. The molecular formula is C69H37F15N6. The van der Waals surface area contributed by atoms with Gasteiger partial charge in [-0.05, 0) is 110 Å². The summed E-state index contributed by atoms with van der Waals surface area (Å²) in [6.07, 6.45) is 5.09. The molecule has 90 heavy (non-hydrogen) atoms. The van der Waals surface area contributed by atoms with Gasteiger partial charge in [-0.2, -0.15) is 0 Å². The van der Waals surface area contributed by atoms with Gasteiger partial charge in [0, 0.05) is 77.6 Å². The fourth-order valence-electron chi connectivity index (χ4n) is 11.2. The van der Waals surface area contributed by atoms with E-state index in [9.17, 15) is 13.2 Å². The van der Waals surface area contributed by atoms with E-state index in [1.54, 1.807) is 72.8 Å². The van der Waals surface area contributed by atoms with Crippen LogP contribution in [-0.2, 0) is 0 Å². The van der Waals surface area contributed by atoms with E-state index in [0.717, 1.165) is 41.0 Å². The first-order chi connectivity index (χ1) is 43.1. The summed E-state index contributed by atoms with van der Waals surface area (Å²) < 4.78 is 237. The molecule has 6 nitrogen and oxygen atoms in total. The van der Waals surface area contributed by atoms with Crippen molar-refractivity contribution in [1.82, 2.24) is 19.9 Å². The van der Waals surface area contributed by atoms with Crippen LogP contribution in [0.5, 0.6) is 0 Å². The van der Waals surface area contributed by atoms with Crippen molar-refractivity contribution >= 4 is 44.9 Å². The Bertz CT molecular complexity index is 5160. The Labute approximate surface area is 498 Å². The lowest BCUT2D eigenvalue weighted by Gasteiger charge is -2.14. The van der Waals surface area contributed by atoms with Crippen LogP contribution < -0.4 is 21.4 Å². The highest BCUT2D eigenvalue weighted by Crippen LogP contribution is 2.41. The highest BCUT2D eigenvalue weighted by atomic mass is 19.2. The maximum atomic E-state index is 16.5. The second-order valence-electron chi connectivity index (χ2n) is 21.3. The third-order valence-corrected chi connectivity index (χ3v) is 15.6. The number of allylic oxidation sites excluding steroid dienone is 4. The van der Waals surface area contributed by atoms with Crippen molar-refractivity contribution in [3.63, 3.8) is 0 Å². The van der Waals surface area contributed by atoms with Gasteiger partial charge in [-0.3, -0.25) is 0 Å². The second kappa shape index (κ2) is 22.1. The van der Waals surface area contributed by atoms with Crippen LogP contribution in [0, 0.1) is 108 Å². The summed E-state index contributed by atoms with van der Waals surface area (Å²) >= 11 is 0. The number of aryl methyl sites for hydroxylation is 3. The smallest absolute Gasteiger partial charge is 0.200 e. The maximum Gasteiger partial charge on any atom is 0.200 e. The average Bonchev–Trinajstić information content (AvgIpc) is 2.28. The van der Waals surface area contributed by atoms with Crippen LogP contribution in [0.4, 0.5) is 65.9 Å². The molecule has 3 aliphatic rings. The number of aliphatic imine (C=N–C) groups is 2. The van der Waals surface area contributed by atoms with Crippen LogP contribution in [0.2, 0.25) is 0 Å². The number of rotatable bonds is 6. The van der Waals surface area contributed by atoms with E-state index >= 15 is 52.7 Å². The lowest BCUT2D eigenvalue weighted by molar-refractivity contribution is 0.376. The van der Waals surface area contributed by atoms with Gasteiger partial charge in [-0.1, -0.05) is 89.5 Å². The van der Waals surface area contributed by atoms with Gasteiger partial charge in [-0.25, -0.2) is 75.8 Å². The number of H-pyrrole nitrogens is 4. The number of fused-ring (bicyclic) bond motifs is 10. The molecule has 12 bridgehead atoms. The van der Waals surface area contributed by atoms with Crippen LogP contribution in [0.1, 0.15) is 72.8 Å². The fourth-order valence-corrected chi connectivity index (χ4v) is 11.2. The number of nitrogens with one attached hydrogen (secondary N) is 4. The Morgan fingerprint density at radius 1 is 0.233 bits per heavy atom. The Kier molecular flexibility index (Phi) is 14.3. The number of benzene rings is 6. The van der Waals surface area contributed by atoms with E-state index < -0.39 is 154 Å². The lowest BCUT2D eigenvalue weighted by Crippen LogP contribution is -2.22. The predicted molar refractivity (Wildman–Crippen MR) is 307 cm³/mol. The third-order valence-electron chi connectivity index (χ3n) is 15.6. The summed E-state index contributed by atoms with van der Waals surface area (Å²) in [7, 11) is 0. The quantitative estimate of drug-likeness (QED) is 0.0726. The Hall–Kier alpha value is -10.8. The first-order valence-electron chi connectivity index (χ1n) is 27.2.